The SMILES string of the molecule is NCCOCCOCCOCC#Cc1cccc2c1CN(C1CCC(=O)NC1=O)C2=O. The van der Waals surface area contributed by atoms with E-state index in [-0.39, 0.29) is 24.8 Å². The molecule has 3 rings (SSSR count). The van der Waals surface area contributed by atoms with Crippen molar-refractivity contribution in [2.75, 3.05) is 46.2 Å². The summed E-state index contributed by atoms with van der Waals surface area (Å²) in [5, 5.41) is 2.31. The van der Waals surface area contributed by atoms with Crippen LogP contribution < -0.4 is 11.1 Å². The van der Waals surface area contributed by atoms with Crippen LogP contribution in [0.15, 0.2) is 18.2 Å². The molecular weight excluding hydrogens is 402 g/mol. The molecular formula is C22H27N3O6. The highest BCUT2D eigenvalue weighted by Crippen LogP contribution is 2.29. The summed E-state index contributed by atoms with van der Waals surface area (Å²) in [6.07, 6.45) is 0.561. The van der Waals surface area contributed by atoms with Crippen molar-refractivity contribution in [3.63, 3.8) is 0 Å². The lowest BCUT2D eigenvalue weighted by Gasteiger charge is -2.29. The highest BCUT2D eigenvalue weighted by atomic mass is 16.5. The molecule has 0 spiro atoms. The fraction of sp³-hybridized carbons (Fsp3) is 0.500. The third-order valence-electron chi connectivity index (χ3n) is 4.99. The van der Waals surface area contributed by atoms with Gasteiger partial charge in [0.1, 0.15) is 12.6 Å². The Kier molecular flexibility index (Phi) is 8.55. The van der Waals surface area contributed by atoms with Crippen molar-refractivity contribution in [2.45, 2.75) is 25.4 Å². The Balaban J connectivity index is 1.48. The van der Waals surface area contributed by atoms with Gasteiger partial charge in [0.2, 0.25) is 11.8 Å². The number of nitrogens with one attached hydrogen (secondary N) is 1. The van der Waals surface area contributed by atoms with E-state index in [0.29, 0.717) is 58.1 Å². The molecule has 2 heterocycles. The molecule has 1 saturated heterocycles. The number of ether oxygens (including phenoxy) is 3. The fourth-order valence-electron chi connectivity index (χ4n) is 3.48. The molecule has 2 aliphatic heterocycles. The quantitative estimate of drug-likeness (QED) is 0.300. The maximum Gasteiger partial charge on any atom is 0.255 e. The number of imide groups is 1. The zero-order chi connectivity index (χ0) is 22.1. The van der Waals surface area contributed by atoms with E-state index < -0.39 is 11.9 Å². The number of carbonyl (C=O) groups is 3. The van der Waals surface area contributed by atoms with Crippen LogP contribution in [0.3, 0.4) is 0 Å². The summed E-state index contributed by atoms with van der Waals surface area (Å²) >= 11 is 0. The maximum absolute atomic E-state index is 12.8. The van der Waals surface area contributed by atoms with Crippen LogP contribution in [0.2, 0.25) is 0 Å². The molecule has 166 valence electrons. The molecule has 1 aromatic rings. The topological polar surface area (TPSA) is 120 Å². The molecule has 31 heavy (non-hydrogen) atoms. The molecule has 1 atom stereocenters. The van der Waals surface area contributed by atoms with Crippen molar-refractivity contribution in [2.24, 2.45) is 5.73 Å². The van der Waals surface area contributed by atoms with Crippen LogP contribution in [0.25, 0.3) is 0 Å². The van der Waals surface area contributed by atoms with Crippen molar-refractivity contribution in [1.82, 2.24) is 10.2 Å². The molecule has 3 amide bonds. The van der Waals surface area contributed by atoms with Crippen LogP contribution in [-0.4, -0.2) is 74.8 Å². The second-order valence-corrected chi connectivity index (χ2v) is 7.10. The van der Waals surface area contributed by atoms with Crippen molar-refractivity contribution < 1.29 is 28.6 Å². The van der Waals surface area contributed by atoms with E-state index in [1.807, 2.05) is 6.07 Å². The Morgan fingerprint density at radius 1 is 1.06 bits per heavy atom. The normalized spacial score (nSPS) is 17.9. The average molecular weight is 429 g/mol. The monoisotopic (exact) mass is 429 g/mol. The van der Waals surface area contributed by atoms with Crippen molar-refractivity contribution in [1.29, 1.82) is 0 Å². The van der Waals surface area contributed by atoms with Crippen LogP contribution >= 0.6 is 0 Å². The number of carbonyl (C=O) groups excluding carboxylic acids is 3. The standard InChI is InChI=1S/C22H27N3O6/c23-8-10-30-12-14-31-13-11-29-9-2-4-16-3-1-5-17-18(16)15-25(22(17)28)19-6-7-20(26)24-21(19)27/h1,3,5,19H,6-15,23H2,(H,24,26,27). The zero-order valence-corrected chi connectivity index (χ0v) is 17.4. The van der Waals surface area contributed by atoms with E-state index in [4.69, 9.17) is 19.9 Å². The van der Waals surface area contributed by atoms with Crippen molar-refractivity contribution in [3.8, 4) is 11.8 Å². The second kappa shape index (κ2) is 11.6. The lowest BCUT2D eigenvalue weighted by atomic mass is 10.0. The van der Waals surface area contributed by atoms with Gasteiger partial charge in [-0.15, -0.1) is 0 Å². The summed E-state index contributed by atoms with van der Waals surface area (Å²) < 4.78 is 16.0. The highest BCUT2D eigenvalue weighted by Gasteiger charge is 2.39. The lowest BCUT2D eigenvalue weighted by molar-refractivity contribution is -0.136. The molecule has 9 nitrogen and oxygen atoms in total. The Labute approximate surface area is 181 Å². The number of hydrogen-bond acceptors (Lipinski definition) is 7. The van der Waals surface area contributed by atoms with Crippen LogP contribution in [0, 0.1) is 11.8 Å². The van der Waals surface area contributed by atoms with E-state index in [0.717, 1.165) is 11.1 Å². The summed E-state index contributed by atoms with van der Waals surface area (Å²) in [5.74, 6) is 5.07. The Hall–Kier alpha value is -2.77. The first-order valence-electron chi connectivity index (χ1n) is 10.3. The minimum atomic E-state index is -0.637. The highest BCUT2D eigenvalue weighted by molar-refractivity contribution is 6.05. The number of fused-ring (bicyclic) bond motifs is 1. The van der Waals surface area contributed by atoms with Gasteiger partial charge in [0.25, 0.3) is 5.91 Å². The van der Waals surface area contributed by atoms with Crippen molar-refractivity contribution >= 4 is 17.7 Å². The largest absolute Gasteiger partial charge is 0.378 e. The summed E-state index contributed by atoms with van der Waals surface area (Å²) in [7, 11) is 0. The third-order valence-corrected chi connectivity index (χ3v) is 4.99. The molecule has 0 aliphatic carbocycles. The molecule has 0 bridgehead atoms. The van der Waals surface area contributed by atoms with Crippen LogP contribution in [0.1, 0.15) is 34.3 Å². The maximum atomic E-state index is 12.8. The van der Waals surface area contributed by atoms with Crippen molar-refractivity contribution in [3.05, 3.63) is 34.9 Å². The van der Waals surface area contributed by atoms with E-state index >= 15 is 0 Å². The summed E-state index contributed by atoms with van der Waals surface area (Å²) in [6, 6.07) is 4.72. The van der Waals surface area contributed by atoms with E-state index in [2.05, 4.69) is 17.2 Å². The molecule has 3 N–H and O–H groups in total. The number of rotatable bonds is 10. The van der Waals surface area contributed by atoms with Gasteiger partial charge in [-0.1, -0.05) is 17.9 Å². The Morgan fingerprint density at radius 2 is 1.81 bits per heavy atom. The number of nitrogens with zero attached hydrogens (tertiary/aromatic N) is 1. The zero-order valence-electron chi connectivity index (χ0n) is 17.4. The van der Waals surface area contributed by atoms with Crippen LogP contribution in [0.5, 0.6) is 0 Å². The number of benzene rings is 1. The van der Waals surface area contributed by atoms with Gasteiger partial charge in [0.15, 0.2) is 0 Å². The summed E-state index contributed by atoms with van der Waals surface area (Å²) in [4.78, 5) is 37.9. The molecule has 0 aromatic heterocycles. The predicted octanol–water partition coefficient (Wildman–Crippen LogP) is -0.192. The molecule has 1 aromatic carbocycles. The van der Waals surface area contributed by atoms with E-state index in [1.165, 1.54) is 4.90 Å². The van der Waals surface area contributed by atoms with Crippen LogP contribution in [0.4, 0.5) is 0 Å². The molecule has 1 fully saturated rings. The molecule has 2 aliphatic rings. The average Bonchev–Trinajstić information content (AvgIpc) is 3.09. The predicted molar refractivity (Wildman–Crippen MR) is 111 cm³/mol. The number of piperidine rings is 1. The number of nitrogens with two attached hydrogens (primary N) is 1. The Bertz CT molecular complexity index is 876. The van der Waals surface area contributed by atoms with Gasteiger partial charge in [-0.3, -0.25) is 19.7 Å². The minimum Gasteiger partial charge on any atom is -0.378 e. The second-order valence-electron chi connectivity index (χ2n) is 7.10. The van der Waals surface area contributed by atoms with Gasteiger partial charge in [0, 0.05) is 30.6 Å². The van der Waals surface area contributed by atoms with Gasteiger partial charge in [-0.05, 0) is 24.1 Å². The van der Waals surface area contributed by atoms with E-state index in [1.54, 1.807) is 12.1 Å². The third kappa shape index (κ3) is 6.12. The van der Waals surface area contributed by atoms with Gasteiger partial charge in [-0.2, -0.15) is 0 Å². The molecule has 0 saturated carbocycles. The smallest absolute Gasteiger partial charge is 0.255 e. The summed E-state index contributed by atoms with van der Waals surface area (Å²) in [6.45, 7) is 3.41. The molecule has 0 radical (unpaired) electrons. The number of hydrogen-bond donors (Lipinski definition) is 2. The first-order valence-corrected chi connectivity index (χ1v) is 10.3. The molecule has 9 heteroatoms. The van der Waals surface area contributed by atoms with Gasteiger partial charge in [-0.25, -0.2) is 0 Å². The summed E-state index contributed by atoms with van der Waals surface area (Å²) in [5.41, 5.74) is 7.40. The fourth-order valence-corrected chi connectivity index (χ4v) is 3.48. The first kappa shape index (κ1) is 22.9. The molecule has 1 unspecified atom stereocenters. The Morgan fingerprint density at radius 3 is 2.55 bits per heavy atom. The minimum absolute atomic E-state index is 0.211. The first-order chi connectivity index (χ1) is 15.1. The van der Waals surface area contributed by atoms with Gasteiger partial charge < -0.3 is 24.8 Å². The van der Waals surface area contributed by atoms with Gasteiger partial charge >= 0.3 is 0 Å². The number of amides is 3. The van der Waals surface area contributed by atoms with Gasteiger partial charge in [0.05, 0.1) is 33.0 Å². The lowest BCUT2D eigenvalue weighted by Crippen LogP contribution is -2.52. The van der Waals surface area contributed by atoms with E-state index in [9.17, 15) is 14.4 Å². The van der Waals surface area contributed by atoms with Crippen LogP contribution in [-0.2, 0) is 30.3 Å².